The van der Waals surface area contributed by atoms with Gasteiger partial charge >= 0.3 is 6.18 Å². The lowest BCUT2D eigenvalue weighted by Crippen LogP contribution is -2.23. The van der Waals surface area contributed by atoms with Crippen molar-refractivity contribution >= 4 is 23.2 Å². The molecule has 4 rings (SSSR count). The van der Waals surface area contributed by atoms with Gasteiger partial charge in [0.25, 0.3) is 0 Å². The van der Waals surface area contributed by atoms with Crippen LogP contribution >= 0.6 is 11.8 Å². The number of aryl methyl sites for hydroxylation is 1. The Hall–Kier alpha value is -2.99. The van der Waals surface area contributed by atoms with Gasteiger partial charge in [-0.15, -0.1) is 10.2 Å². The second-order valence-electron chi connectivity index (χ2n) is 8.15. The number of anilines is 1. The van der Waals surface area contributed by atoms with E-state index in [-0.39, 0.29) is 29.6 Å². The maximum absolute atomic E-state index is 13.5. The summed E-state index contributed by atoms with van der Waals surface area (Å²) in [7, 11) is 1.84. The number of Topliss-reactive ketones (excluding diaryl/α,β-unsaturated/α-hetero) is 1. The number of ketones is 1. The third kappa shape index (κ3) is 5.55. The molecule has 0 aliphatic carbocycles. The Morgan fingerprint density at radius 1 is 1.32 bits per heavy atom. The number of carbonyl (C=O) groups excluding carboxylic acids is 1. The molecule has 2 atom stereocenters. The van der Waals surface area contributed by atoms with Crippen LogP contribution < -0.4 is 4.90 Å². The lowest BCUT2D eigenvalue weighted by molar-refractivity contribution is -0.141. The molecule has 0 aromatic carbocycles. The first-order valence-corrected chi connectivity index (χ1v) is 11.5. The number of hydrogen-bond donors (Lipinski definition) is 1. The molecule has 0 bridgehead atoms. The minimum absolute atomic E-state index is 0.0142. The summed E-state index contributed by atoms with van der Waals surface area (Å²) in [6.45, 7) is 2.59. The molecular weight excluding hydrogens is 469 g/mol. The van der Waals surface area contributed by atoms with Crippen molar-refractivity contribution in [3.8, 4) is 0 Å². The SMILES string of the molecule is C[C@H](Sc1nncn1C)c1ccnc(CC(=O)c2cc(N3CC[C@H](O)C3)cc(C(F)(F)F)n2)c1. The monoisotopic (exact) mass is 492 g/mol. The fourth-order valence-electron chi connectivity index (χ4n) is 3.67. The molecule has 0 spiro atoms. The number of hydrogen-bond acceptors (Lipinski definition) is 8. The Labute approximate surface area is 198 Å². The van der Waals surface area contributed by atoms with E-state index in [9.17, 15) is 23.1 Å². The highest BCUT2D eigenvalue weighted by atomic mass is 32.2. The Kier molecular flexibility index (Phi) is 6.89. The molecule has 180 valence electrons. The van der Waals surface area contributed by atoms with E-state index in [1.807, 2.05) is 20.0 Å². The summed E-state index contributed by atoms with van der Waals surface area (Å²) in [5, 5.41) is 18.4. The van der Waals surface area contributed by atoms with Crippen LogP contribution in [0, 0.1) is 0 Å². The average Bonchev–Trinajstić information content (AvgIpc) is 3.41. The van der Waals surface area contributed by atoms with Gasteiger partial charge in [0.2, 0.25) is 0 Å². The molecule has 1 fully saturated rings. The first-order chi connectivity index (χ1) is 16.1. The predicted octanol–water partition coefficient (Wildman–Crippen LogP) is 3.47. The smallest absolute Gasteiger partial charge is 0.391 e. The van der Waals surface area contributed by atoms with Gasteiger partial charge in [0.1, 0.15) is 17.7 Å². The highest BCUT2D eigenvalue weighted by Crippen LogP contribution is 2.34. The quantitative estimate of drug-likeness (QED) is 0.396. The molecule has 0 unspecified atom stereocenters. The van der Waals surface area contributed by atoms with Crippen LogP contribution in [-0.4, -0.2) is 54.8 Å². The van der Waals surface area contributed by atoms with Crippen LogP contribution in [0.2, 0.25) is 0 Å². The number of aromatic nitrogens is 5. The van der Waals surface area contributed by atoms with Crippen molar-refractivity contribution in [1.29, 1.82) is 0 Å². The summed E-state index contributed by atoms with van der Waals surface area (Å²) in [6.07, 6.45) is -1.88. The Bertz CT molecular complexity index is 1190. The second-order valence-corrected chi connectivity index (χ2v) is 9.46. The fraction of sp³-hybridized carbons (Fsp3) is 0.409. The van der Waals surface area contributed by atoms with Crippen LogP contribution in [-0.2, 0) is 19.6 Å². The number of aliphatic hydroxyl groups is 1. The van der Waals surface area contributed by atoms with E-state index in [1.54, 1.807) is 28.1 Å². The summed E-state index contributed by atoms with van der Waals surface area (Å²) < 4.78 is 42.2. The molecule has 34 heavy (non-hydrogen) atoms. The predicted molar refractivity (Wildman–Crippen MR) is 120 cm³/mol. The number of halogens is 3. The molecule has 3 aromatic heterocycles. The minimum atomic E-state index is -4.70. The molecule has 1 N–H and O–H groups in total. The van der Waals surface area contributed by atoms with Crippen LogP contribution in [0.5, 0.6) is 0 Å². The number of thioether (sulfide) groups is 1. The van der Waals surface area contributed by atoms with Crippen molar-refractivity contribution in [2.75, 3.05) is 18.0 Å². The molecule has 1 aliphatic heterocycles. The fourth-order valence-corrected chi connectivity index (χ4v) is 4.58. The van der Waals surface area contributed by atoms with Crippen molar-refractivity contribution in [2.24, 2.45) is 7.05 Å². The van der Waals surface area contributed by atoms with E-state index in [2.05, 4.69) is 20.2 Å². The molecule has 0 amide bonds. The van der Waals surface area contributed by atoms with Crippen LogP contribution in [0.25, 0.3) is 0 Å². The number of carbonyl (C=O) groups is 1. The molecule has 1 aliphatic rings. The van der Waals surface area contributed by atoms with Gasteiger partial charge in [-0.3, -0.25) is 9.78 Å². The van der Waals surface area contributed by atoms with Gasteiger partial charge in [0, 0.05) is 43.0 Å². The normalized spacial score (nSPS) is 17.2. The van der Waals surface area contributed by atoms with E-state index in [0.29, 0.717) is 18.7 Å². The highest BCUT2D eigenvalue weighted by molar-refractivity contribution is 7.99. The van der Waals surface area contributed by atoms with Gasteiger partial charge in [0.15, 0.2) is 10.9 Å². The largest absolute Gasteiger partial charge is 0.433 e. The number of nitrogens with zero attached hydrogens (tertiary/aromatic N) is 6. The number of aliphatic hydroxyl groups excluding tert-OH is 1. The van der Waals surface area contributed by atoms with Crippen LogP contribution in [0.3, 0.4) is 0 Å². The summed E-state index contributed by atoms with van der Waals surface area (Å²) in [4.78, 5) is 22.4. The number of pyridine rings is 2. The van der Waals surface area contributed by atoms with Gasteiger partial charge < -0.3 is 14.6 Å². The molecule has 1 saturated heterocycles. The summed E-state index contributed by atoms with van der Waals surface area (Å²) in [6, 6.07) is 5.85. The van der Waals surface area contributed by atoms with E-state index in [1.165, 1.54) is 17.8 Å². The molecule has 0 radical (unpaired) electrons. The minimum Gasteiger partial charge on any atom is -0.391 e. The maximum Gasteiger partial charge on any atom is 0.433 e. The number of β-amino-alcohol motifs (C(OH)–C–C–N with tert-alkyl or cyclic N) is 1. The zero-order valence-electron chi connectivity index (χ0n) is 18.5. The molecule has 12 heteroatoms. The standard InChI is InChI=1S/C22H23F3N6O2S/c1-13(34-21-29-27-12-30(21)2)14-3-5-26-15(7-14)8-19(33)18-9-16(31-6-4-17(32)11-31)10-20(28-18)22(23,24)25/h3,5,7,9-10,12-13,17,32H,4,6,8,11H2,1-2H3/t13-,17-/m0/s1. The first-order valence-electron chi connectivity index (χ1n) is 10.6. The molecule has 4 heterocycles. The molecule has 0 saturated carbocycles. The maximum atomic E-state index is 13.5. The lowest BCUT2D eigenvalue weighted by Gasteiger charge is -2.20. The summed E-state index contributed by atoms with van der Waals surface area (Å²) in [5.41, 5.74) is 0.141. The second kappa shape index (κ2) is 9.71. The average molecular weight is 493 g/mol. The molecule has 3 aromatic rings. The van der Waals surface area contributed by atoms with Gasteiger partial charge in [-0.05, 0) is 43.2 Å². The summed E-state index contributed by atoms with van der Waals surface area (Å²) in [5.74, 6) is -0.564. The zero-order chi connectivity index (χ0) is 24.5. The van der Waals surface area contributed by atoms with Crippen molar-refractivity contribution in [2.45, 2.75) is 42.5 Å². The van der Waals surface area contributed by atoms with E-state index < -0.39 is 23.8 Å². The third-order valence-electron chi connectivity index (χ3n) is 5.52. The summed E-state index contributed by atoms with van der Waals surface area (Å²) >= 11 is 1.49. The van der Waals surface area contributed by atoms with Crippen LogP contribution in [0.15, 0.2) is 41.9 Å². The highest BCUT2D eigenvalue weighted by Gasteiger charge is 2.35. The third-order valence-corrected chi connectivity index (χ3v) is 6.72. The topological polar surface area (TPSA) is 97.0 Å². The first kappa shape index (κ1) is 24.1. The zero-order valence-corrected chi connectivity index (χ0v) is 19.3. The van der Waals surface area contributed by atoms with Crippen molar-refractivity contribution < 1.29 is 23.1 Å². The lowest BCUT2D eigenvalue weighted by atomic mass is 10.1. The van der Waals surface area contributed by atoms with Gasteiger partial charge in [-0.25, -0.2) is 4.98 Å². The van der Waals surface area contributed by atoms with Crippen LogP contribution in [0.1, 0.15) is 46.0 Å². The van der Waals surface area contributed by atoms with Gasteiger partial charge in [-0.1, -0.05) is 11.8 Å². The Morgan fingerprint density at radius 2 is 2.12 bits per heavy atom. The van der Waals surface area contributed by atoms with E-state index >= 15 is 0 Å². The van der Waals surface area contributed by atoms with Crippen molar-refractivity contribution in [3.05, 3.63) is 59.4 Å². The molecule has 8 nitrogen and oxygen atoms in total. The van der Waals surface area contributed by atoms with E-state index in [0.717, 1.165) is 16.8 Å². The Balaban J connectivity index is 1.55. The number of rotatable bonds is 7. The van der Waals surface area contributed by atoms with E-state index in [4.69, 9.17) is 0 Å². The number of alkyl halides is 3. The molecular formula is C22H23F3N6O2S. The Morgan fingerprint density at radius 3 is 2.76 bits per heavy atom. The van der Waals surface area contributed by atoms with Crippen molar-refractivity contribution in [1.82, 2.24) is 24.7 Å². The van der Waals surface area contributed by atoms with Crippen molar-refractivity contribution in [3.63, 3.8) is 0 Å². The van der Waals surface area contributed by atoms with Gasteiger partial charge in [0.05, 0.1) is 12.5 Å². The van der Waals surface area contributed by atoms with Crippen LogP contribution in [0.4, 0.5) is 18.9 Å². The van der Waals surface area contributed by atoms with Gasteiger partial charge in [-0.2, -0.15) is 13.2 Å².